The lowest BCUT2D eigenvalue weighted by atomic mass is 10.2. The number of hydrogen-bond donors (Lipinski definition) is 3. The van der Waals surface area contributed by atoms with Crippen molar-refractivity contribution in [2.45, 2.75) is 11.3 Å². The van der Waals surface area contributed by atoms with Crippen LogP contribution in [0.15, 0.2) is 47.4 Å². The van der Waals surface area contributed by atoms with Crippen LogP contribution in [0, 0.1) is 18.2 Å². The number of sulfonamides is 1. The summed E-state index contributed by atoms with van der Waals surface area (Å²) >= 11 is 6.03. The lowest BCUT2D eigenvalue weighted by Crippen LogP contribution is -2.30. The van der Waals surface area contributed by atoms with Crippen LogP contribution in [0.3, 0.4) is 0 Å². The molecule has 2 aromatic carbocycles. The van der Waals surface area contributed by atoms with E-state index in [1.165, 1.54) is 18.2 Å². The molecule has 0 saturated carbocycles. The summed E-state index contributed by atoms with van der Waals surface area (Å²) in [4.78, 5) is 23.5. The predicted octanol–water partition coefficient (Wildman–Crippen LogP) is 2.15. The predicted molar refractivity (Wildman–Crippen MR) is 107 cm³/mol. The van der Waals surface area contributed by atoms with Crippen molar-refractivity contribution in [1.82, 2.24) is 10.6 Å². The maximum atomic E-state index is 13.0. The van der Waals surface area contributed by atoms with Gasteiger partial charge >= 0.3 is 0 Å². The van der Waals surface area contributed by atoms with E-state index in [-0.39, 0.29) is 46.6 Å². The van der Waals surface area contributed by atoms with Crippen molar-refractivity contribution in [3.8, 4) is 12.3 Å². The van der Waals surface area contributed by atoms with E-state index in [0.29, 0.717) is 0 Å². The minimum Gasteiger partial charge on any atom is -0.352 e. The van der Waals surface area contributed by atoms with Crippen LogP contribution in [-0.4, -0.2) is 33.3 Å². The van der Waals surface area contributed by atoms with E-state index in [1.54, 1.807) is 0 Å². The maximum absolute atomic E-state index is 13.0. The van der Waals surface area contributed by atoms with Crippen molar-refractivity contribution in [3.63, 3.8) is 0 Å². The lowest BCUT2D eigenvalue weighted by molar-refractivity contribution is -0.120. The summed E-state index contributed by atoms with van der Waals surface area (Å²) in [6.45, 7) is 0.163. The largest absolute Gasteiger partial charge is 0.352 e. The number of hydrogen-bond acceptors (Lipinski definition) is 4. The molecule has 2 aromatic rings. The fourth-order valence-corrected chi connectivity index (χ4v) is 3.48. The maximum Gasteiger partial charge on any atom is 0.261 e. The Kier molecular flexibility index (Phi) is 7.59. The minimum atomic E-state index is -4.03. The highest BCUT2D eigenvalue weighted by molar-refractivity contribution is 7.92. The average molecular weight is 438 g/mol. The van der Waals surface area contributed by atoms with Gasteiger partial charge in [0, 0.05) is 18.5 Å². The van der Waals surface area contributed by atoms with Crippen molar-refractivity contribution < 1.29 is 22.4 Å². The van der Waals surface area contributed by atoms with Crippen molar-refractivity contribution in [3.05, 3.63) is 58.9 Å². The van der Waals surface area contributed by atoms with Crippen LogP contribution in [-0.2, 0) is 14.8 Å². The molecule has 0 fully saturated rings. The number of anilines is 1. The zero-order valence-electron chi connectivity index (χ0n) is 15.0. The SMILES string of the molecule is C#CCNC(=O)CCNC(=O)c1ccc(Cl)c(NS(=O)(=O)c2ccc(F)cc2)c1. The van der Waals surface area contributed by atoms with Gasteiger partial charge in [0.25, 0.3) is 15.9 Å². The van der Waals surface area contributed by atoms with Crippen molar-refractivity contribution in [2.75, 3.05) is 17.8 Å². The third-order valence-electron chi connectivity index (χ3n) is 3.62. The fourth-order valence-electron chi connectivity index (χ4n) is 2.19. The summed E-state index contributed by atoms with van der Waals surface area (Å²) in [5.74, 6) is 0.854. The summed E-state index contributed by atoms with van der Waals surface area (Å²) in [6.07, 6.45) is 5.07. The molecule has 0 saturated heterocycles. The molecule has 0 aliphatic heterocycles. The van der Waals surface area contributed by atoms with E-state index in [0.717, 1.165) is 24.3 Å². The van der Waals surface area contributed by atoms with E-state index in [4.69, 9.17) is 18.0 Å². The lowest BCUT2D eigenvalue weighted by Gasteiger charge is -2.12. The molecular weight excluding hydrogens is 421 g/mol. The fraction of sp³-hybridized carbons (Fsp3) is 0.158. The second-order valence-electron chi connectivity index (χ2n) is 5.74. The van der Waals surface area contributed by atoms with Gasteiger partial charge in [-0.3, -0.25) is 14.3 Å². The van der Waals surface area contributed by atoms with Crippen LogP contribution in [0.4, 0.5) is 10.1 Å². The first-order chi connectivity index (χ1) is 13.7. The van der Waals surface area contributed by atoms with Gasteiger partial charge in [-0.25, -0.2) is 12.8 Å². The van der Waals surface area contributed by atoms with Gasteiger partial charge in [0.1, 0.15) is 5.82 Å². The second-order valence-corrected chi connectivity index (χ2v) is 7.83. The molecule has 10 heteroatoms. The van der Waals surface area contributed by atoms with Crippen molar-refractivity contribution in [2.24, 2.45) is 0 Å². The summed E-state index contributed by atoms with van der Waals surface area (Å²) in [5, 5.41) is 5.07. The molecule has 0 radical (unpaired) electrons. The average Bonchev–Trinajstić information content (AvgIpc) is 2.68. The second kappa shape index (κ2) is 9.91. The number of nitrogens with one attached hydrogen (secondary N) is 3. The van der Waals surface area contributed by atoms with Gasteiger partial charge in [-0.15, -0.1) is 6.42 Å². The Morgan fingerprint density at radius 1 is 1.10 bits per heavy atom. The van der Waals surface area contributed by atoms with Crippen LogP contribution in [0.5, 0.6) is 0 Å². The summed E-state index contributed by atoms with van der Waals surface area (Å²) < 4.78 is 40.1. The molecule has 0 aromatic heterocycles. The van der Waals surface area contributed by atoms with Gasteiger partial charge in [0.2, 0.25) is 5.91 Å². The van der Waals surface area contributed by atoms with E-state index in [9.17, 15) is 22.4 Å². The molecule has 2 amide bonds. The van der Waals surface area contributed by atoms with Crippen LogP contribution < -0.4 is 15.4 Å². The molecule has 29 heavy (non-hydrogen) atoms. The first kappa shape index (κ1) is 22.2. The Balaban J connectivity index is 2.07. The van der Waals surface area contributed by atoms with Crippen LogP contribution in [0.1, 0.15) is 16.8 Å². The van der Waals surface area contributed by atoms with Gasteiger partial charge < -0.3 is 10.6 Å². The molecule has 2 rings (SSSR count). The molecule has 0 atom stereocenters. The van der Waals surface area contributed by atoms with E-state index in [1.807, 2.05) is 0 Å². The van der Waals surface area contributed by atoms with Gasteiger partial charge in [-0.1, -0.05) is 17.5 Å². The number of benzene rings is 2. The quantitative estimate of drug-likeness (QED) is 0.550. The zero-order valence-corrected chi connectivity index (χ0v) is 16.6. The van der Waals surface area contributed by atoms with Crippen molar-refractivity contribution in [1.29, 1.82) is 0 Å². The summed E-state index contributed by atoms with van der Waals surface area (Å²) in [7, 11) is -4.03. The molecule has 0 heterocycles. The third kappa shape index (κ3) is 6.48. The summed E-state index contributed by atoms with van der Waals surface area (Å²) in [5.41, 5.74) is 0.116. The molecule has 0 unspecified atom stereocenters. The highest BCUT2D eigenvalue weighted by Crippen LogP contribution is 2.26. The minimum absolute atomic E-state index is 0.0181. The molecule has 0 aliphatic carbocycles. The van der Waals surface area contributed by atoms with E-state index >= 15 is 0 Å². The van der Waals surface area contributed by atoms with Gasteiger partial charge in [0.15, 0.2) is 0 Å². The molecular formula is C19H17ClFN3O4S. The van der Waals surface area contributed by atoms with Gasteiger partial charge in [-0.05, 0) is 42.5 Å². The Morgan fingerprint density at radius 2 is 1.79 bits per heavy atom. The Hall–Kier alpha value is -3.09. The number of terminal acetylenes is 1. The van der Waals surface area contributed by atoms with Gasteiger partial charge in [-0.2, -0.15) is 0 Å². The third-order valence-corrected chi connectivity index (χ3v) is 5.33. The Labute approximate surface area is 172 Å². The number of amides is 2. The highest BCUT2D eigenvalue weighted by Gasteiger charge is 2.17. The smallest absolute Gasteiger partial charge is 0.261 e. The van der Waals surface area contributed by atoms with Crippen LogP contribution in [0.25, 0.3) is 0 Å². The molecule has 152 valence electrons. The molecule has 0 aliphatic rings. The van der Waals surface area contributed by atoms with Gasteiger partial charge in [0.05, 0.1) is 22.2 Å². The zero-order chi connectivity index (χ0) is 21.4. The summed E-state index contributed by atoms with van der Waals surface area (Å²) in [6, 6.07) is 8.27. The number of carbonyl (C=O) groups is 2. The number of carbonyl (C=O) groups excluding carboxylic acids is 2. The number of halogens is 2. The standard InChI is InChI=1S/C19H17ClFN3O4S/c1-2-10-22-18(25)9-11-23-19(26)13-3-8-16(20)17(12-13)24-29(27,28)15-6-4-14(21)5-7-15/h1,3-8,12,24H,9-11H2,(H,22,25)(H,23,26). The number of rotatable bonds is 8. The topological polar surface area (TPSA) is 104 Å². The van der Waals surface area contributed by atoms with Crippen molar-refractivity contribution >= 4 is 39.1 Å². The highest BCUT2D eigenvalue weighted by atomic mass is 35.5. The molecule has 3 N–H and O–H groups in total. The molecule has 7 nitrogen and oxygen atoms in total. The molecule has 0 spiro atoms. The first-order valence-electron chi connectivity index (χ1n) is 8.29. The molecule has 0 bridgehead atoms. The first-order valence-corrected chi connectivity index (χ1v) is 10.2. The van der Waals surface area contributed by atoms with E-state index < -0.39 is 21.7 Å². The van der Waals surface area contributed by atoms with Crippen LogP contribution >= 0.6 is 11.6 Å². The Bertz CT molecular complexity index is 1050. The van der Waals surface area contributed by atoms with E-state index in [2.05, 4.69) is 21.3 Å². The monoisotopic (exact) mass is 437 g/mol. The normalized spacial score (nSPS) is 10.7. The van der Waals surface area contributed by atoms with Crippen LogP contribution in [0.2, 0.25) is 5.02 Å². The Morgan fingerprint density at radius 3 is 2.45 bits per heavy atom.